The second kappa shape index (κ2) is 6.79. The molecule has 1 saturated carbocycles. The molecule has 1 fully saturated rings. The summed E-state index contributed by atoms with van der Waals surface area (Å²) in [6.45, 7) is 5.96. The number of nitrogens with two attached hydrogens (primary N) is 1. The summed E-state index contributed by atoms with van der Waals surface area (Å²) in [5.74, 6) is 0.278. The number of ether oxygens (including phenoxy) is 1. The van der Waals surface area contributed by atoms with E-state index in [1.807, 2.05) is 20.8 Å². The van der Waals surface area contributed by atoms with Crippen molar-refractivity contribution in [3.05, 3.63) is 23.3 Å². The van der Waals surface area contributed by atoms with Crippen LogP contribution in [-0.2, 0) is 5.41 Å². The van der Waals surface area contributed by atoms with Crippen LogP contribution < -0.4 is 15.8 Å². The number of amides is 1. The molecule has 1 aromatic rings. The topological polar surface area (TPSA) is 84.6 Å². The third-order valence-corrected chi connectivity index (χ3v) is 4.51. The fourth-order valence-electron chi connectivity index (χ4n) is 3.06. The number of carbonyl (C=O) groups is 1. The first-order valence-corrected chi connectivity index (χ1v) is 8.22. The van der Waals surface area contributed by atoms with Crippen LogP contribution >= 0.6 is 0 Å². The van der Waals surface area contributed by atoms with Gasteiger partial charge in [-0.05, 0) is 30.4 Å². The Morgan fingerprint density at radius 1 is 1.30 bits per heavy atom. The molecule has 5 nitrogen and oxygen atoms in total. The lowest BCUT2D eigenvalue weighted by Gasteiger charge is -2.30. The summed E-state index contributed by atoms with van der Waals surface area (Å²) in [6, 6.07) is 3.29. The molecular weight excluding hydrogens is 292 g/mol. The number of carbonyl (C=O) groups excluding carboxylic acids is 1. The number of aromatic hydroxyl groups is 1. The lowest BCUT2D eigenvalue weighted by molar-refractivity contribution is 0.0918. The molecular formula is C18H28N2O3. The van der Waals surface area contributed by atoms with Crippen LogP contribution in [0.15, 0.2) is 12.1 Å². The van der Waals surface area contributed by atoms with Gasteiger partial charge in [0.2, 0.25) is 0 Å². The number of methoxy groups -OCH3 is 1. The molecule has 0 unspecified atom stereocenters. The highest BCUT2D eigenvalue weighted by Crippen LogP contribution is 2.36. The molecule has 5 heteroatoms. The van der Waals surface area contributed by atoms with Crippen LogP contribution in [-0.4, -0.2) is 30.2 Å². The SMILES string of the molecule is COc1cc(C(=O)N[C@H]2CCCC[C@@H]2N)c(O)c(C(C)(C)C)c1. The highest BCUT2D eigenvalue weighted by Gasteiger charge is 2.28. The third-order valence-electron chi connectivity index (χ3n) is 4.51. The zero-order valence-corrected chi connectivity index (χ0v) is 14.5. The van der Waals surface area contributed by atoms with Gasteiger partial charge < -0.3 is 20.9 Å². The molecule has 0 heterocycles. The van der Waals surface area contributed by atoms with Crippen molar-refractivity contribution in [1.29, 1.82) is 0 Å². The van der Waals surface area contributed by atoms with E-state index in [2.05, 4.69) is 5.32 Å². The molecule has 0 spiro atoms. The normalized spacial score (nSPS) is 21.8. The average molecular weight is 320 g/mol. The van der Waals surface area contributed by atoms with E-state index in [1.165, 1.54) is 0 Å². The molecule has 1 aliphatic carbocycles. The summed E-state index contributed by atoms with van der Waals surface area (Å²) in [5, 5.41) is 13.5. The maximum atomic E-state index is 12.6. The van der Waals surface area contributed by atoms with Crippen molar-refractivity contribution in [2.75, 3.05) is 7.11 Å². The number of nitrogens with one attached hydrogen (secondary N) is 1. The Morgan fingerprint density at radius 2 is 1.96 bits per heavy atom. The number of hydrogen-bond acceptors (Lipinski definition) is 4. The van der Waals surface area contributed by atoms with E-state index in [4.69, 9.17) is 10.5 Å². The molecule has 0 aromatic heterocycles. The monoisotopic (exact) mass is 320 g/mol. The number of rotatable bonds is 3. The first kappa shape index (κ1) is 17.6. The minimum atomic E-state index is -0.297. The molecule has 0 saturated heterocycles. The fraction of sp³-hybridized carbons (Fsp3) is 0.611. The maximum Gasteiger partial charge on any atom is 0.255 e. The highest BCUT2D eigenvalue weighted by molar-refractivity contribution is 5.98. The van der Waals surface area contributed by atoms with Gasteiger partial charge in [-0.1, -0.05) is 33.6 Å². The summed E-state index contributed by atoms with van der Waals surface area (Å²) in [6.07, 6.45) is 3.97. The maximum absolute atomic E-state index is 12.6. The zero-order valence-electron chi connectivity index (χ0n) is 14.5. The second-order valence-corrected chi connectivity index (χ2v) is 7.35. The number of phenolic OH excluding ortho intramolecular Hbond substituents is 1. The van der Waals surface area contributed by atoms with Crippen LogP contribution in [0.25, 0.3) is 0 Å². The Balaban J connectivity index is 2.32. The van der Waals surface area contributed by atoms with Gasteiger partial charge in [-0.3, -0.25) is 4.79 Å². The molecule has 0 bridgehead atoms. The molecule has 1 aromatic carbocycles. The van der Waals surface area contributed by atoms with Crippen molar-refractivity contribution >= 4 is 5.91 Å². The molecule has 1 amide bonds. The Labute approximate surface area is 138 Å². The van der Waals surface area contributed by atoms with Crippen LogP contribution in [0, 0.1) is 0 Å². The van der Waals surface area contributed by atoms with Crippen LogP contribution in [0.4, 0.5) is 0 Å². The molecule has 128 valence electrons. The summed E-state index contributed by atoms with van der Waals surface area (Å²) in [5.41, 5.74) is 6.73. The Kier molecular flexibility index (Phi) is 5.19. The van der Waals surface area contributed by atoms with Gasteiger partial charge in [-0.15, -0.1) is 0 Å². The van der Waals surface area contributed by atoms with Crippen molar-refractivity contribution in [3.8, 4) is 11.5 Å². The first-order valence-electron chi connectivity index (χ1n) is 8.22. The molecule has 23 heavy (non-hydrogen) atoms. The van der Waals surface area contributed by atoms with Crippen LogP contribution in [0.3, 0.4) is 0 Å². The first-order chi connectivity index (χ1) is 10.7. The predicted octanol–water partition coefficient (Wildman–Crippen LogP) is 2.70. The molecule has 4 N–H and O–H groups in total. The lowest BCUT2D eigenvalue weighted by Crippen LogP contribution is -2.49. The van der Waals surface area contributed by atoms with Crippen LogP contribution in [0.2, 0.25) is 0 Å². The molecule has 2 atom stereocenters. The van der Waals surface area contributed by atoms with Gasteiger partial charge in [-0.2, -0.15) is 0 Å². The molecule has 2 rings (SSSR count). The van der Waals surface area contributed by atoms with Crippen molar-refractivity contribution in [2.24, 2.45) is 5.73 Å². The summed E-state index contributed by atoms with van der Waals surface area (Å²) >= 11 is 0. The number of hydrogen-bond donors (Lipinski definition) is 3. The van der Waals surface area contributed by atoms with Gasteiger partial charge in [0.05, 0.1) is 12.7 Å². The molecule has 0 radical (unpaired) electrons. The summed E-state index contributed by atoms with van der Waals surface area (Å²) < 4.78 is 5.29. The Morgan fingerprint density at radius 3 is 2.52 bits per heavy atom. The number of benzene rings is 1. The van der Waals surface area contributed by atoms with Gasteiger partial charge in [-0.25, -0.2) is 0 Å². The lowest BCUT2D eigenvalue weighted by atomic mass is 9.84. The van der Waals surface area contributed by atoms with Gasteiger partial charge in [0.1, 0.15) is 11.5 Å². The van der Waals surface area contributed by atoms with Crippen LogP contribution in [0.1, 0.15) is 62.4 Å². The minimum Gasteiger partial charge on any atom is -0.507 e. The van der Waals surface area contributed by atoms with Crippen LogP contribution in [0.5, 0.6) is 11.5 Å². The molecule has 1 aliphatic rings. The smallest absolute Gasteiger partial charge is 0.255 e. The summed E-state index contributed by atoms with van der Waals surface area (Å²) in [4.78, 5) is 12.6. The van der Waals surface area contributed by atoms with E-state index < -0.39 is 0 Å². The van der Waals surface area contributed by atoms with E-state index in [0.29, 0.717) is 11.3 Å². The van der Waals surface area contributed by atoms with E-state index in [0.717, 1.165) is 25.7 Å². The second-order valence-electron chi connectivity index (χ2n) is 7.35. The van der Waals surface area contributed by atoms with Gasteiger partial charge >= 0.3 is 0 Å². The van der Waals surface area contributed by atoms with Gasteiger partial charge in [0, 0.05) is 17.6 Å². The van der Waals surface area contributed by atoms with E-state index in [-0.39, 0.29) is 34.7 Å². The fourth-order valence-corrected chi connectivity index (χ4v) is 3.06. The van der Waals surface area contributed by atoms with Gasteiger partial charge in [0.15, 0.2) is 0 Å². The van der Waals surface area contributed by atoms with E-state index >= 15 is 0 Å². The third kappa shape index (κ3) is 3.96. The van der Waals surface area contributed by atoms with E-state index in [9.17, 15) is 9.90 Å². The van der Waals surface area contributed by atoms with Crippen molar-refractivity contribution in [2.45, 2.75) is 64.0 Å². The highest BCUT2D eigenvalue weighted by atomic mass is 16.5. The van der Waals surface area contributed by atoms with Crippen molar-refractivity contribution < 1.29 is 14.6 Å². The Bertz CT molecular complexity index is 578. The standard InChI is InChI=1S/C18H28N2O3/c1-18(2,3)13-10-11(23-4)9-12(16(13)21)17(22)20-15-8-6-5-7-14(15)19/h9-10,14-15,21H,5-8,19H2,1-4H3,(H,20,22)/t14-,15-/m0/s1. The van der Waals surface area contributed by atoms with Crippen molar-refractivity contribution in [1.82, 2.24) is 5.32 Å². The Hall–Kier alpha value is -1.75. The zero-order chi connectivity index (χ0) is 17.2. The largest absolute Gasteiger partial charge is 0.507 e. The quantitative estimate of drug-likeness (QED) is 0.799. The van der Waals surface area contributed by atoms with Gasteiger partial charge in [0.25, 0.3) is 5.91 Å². The summed E-state index contributed by atoms with van der Waals surface area (Å²) in [7, 11) is 1.55. The van der Waals surface area contributed by atoms with E-state index in [1.54, 1.807) is 19.2 Å². The van der Waals surface area contributed by atoms with Crippen molar-refractivity contribution in [3.63, 3.8) is 0 Å². The minimum absolute atomic E-state index is 0.0141. The predicted molar refractivity (Wildman–Crippen MR) is 91.1 cm³/mol. The average Bonchev–Trinajstić information content (AvgIpc) is 2.48. The number of phenols is 1. The molecule has 0 aliphatic heterocycles.